The number of aliphatic carboxylic acids is 1. The molecule has 0 fully saturated rings. The normalized spacial score (nSPS) is 12.1. The highest BCUT2D eigenvalue weighted by Gasteiger charge is 2.23. The fourth-order valence-electron chi connectivity index (χ4n) is 1.87. The zero-order valence-electron chi connectivity index (χ0n) is 11.1. The summed E-state index contributed by atoms with van der Waals surface area (Å²) in [4.78, 5) is 29.9. The highest BCUT2D eigenvalue weighted by atomic mass is 16.4. The number of imidazole rings is 1. The van der Waals surface area contributed by atoms with Gasteiger partial charge in [0.2, 0.25) is 0 Å². The summed E-state index contributed by atoms with van der Waals surface area (Å²) in [6.45, 7) is 1.76. The maximum absolute atomic E-state index is 12.1. The topological polar surface area (TPSA) is 113 Å². The Morgan fingerprint density at radius 1 is 1.55 bits per heavy atom. The third kappa shape index (κ3) is 3.02. The number of carbonyl (C=O) groups excluding carboxylic acids is 1. The monoisotopic (exact) mass is 277 g/mol. The molecule has 2 aromatic heterocycles. The molecule has 0 saturated carbocycles. The molecule has 0 aromatic carbocycles. The van der Waals surface area contributed by atoms with Crippen molar-refractivity contribution in [2.45, 2.75) is 19.4 Å². The predicted molar refractivity (Wildman–Crippen MR) is 69.1 cm³/mol. The summed E-state index contributed by atoms with van der Waals surface area (Å²) >= 11 is 0. The van der Waals surface area contributed by atoms with Crippen LogP contribution in [0.5, 0.6) is 0 Å². The van der Waals surface area contributed by atoms with Crippen molar-refractivity contribution >= 4 is 11.9 Å². The van der Waals surface area contributed by atoms with E-state index in [1.807, 2.05) is 0 Å². The number of aromatic amines is 1. The molecule has 0 aliphatic rings. The summed E-state index contributed by atoms with van der Waals surface area (Å²) in [5, 5.41) is 15.7. The molecule has 0 aliphatic heterocycles. The summed E-state index contributed by atoms with van der Waals surface area (Å²) in [7, 11) is 1.63. The van der Waals surface area contributed by atoms with Crippen molar-refractivity contribution in [2.75, 3.05) is 0 Å². The quantitative estimate of drug-likeness (QED) is 0.705. The Kier molecular flexibility index (Phi) is 3.83. The molecule has 8 heteroatoms. The molecule has 1 unspecified atom stereocenters. The first-order chi connectivity index (χ1) is 9.47. The van der Waals surface area contributed by atoms with Gasteiger partial charge in [0.15, 0.2) is 0 Å². The van der Waals surface area contributed by atoms with Gasteiger partial charge in [-0.05, 0) is 13.0 Å². The van der Waals surface area contributed by atoms with Gasteiger partial charge in [0.25, 0.3) is 5.91 Å². The Morgan fingerprint density at radius 3 is 2.80 bits per heavy atom. The zero-order chi connectivity index (χ0) is 14.7. The Morgan fingerprint density at radius 2 is 2.30 bits per heavy atom. The summed E-state index contributed by atoms with van der Waals surface area (Å²) in [5.74, 6) is -1.58. The fourth-order valence-corrected chi connectivity index (χ4v) is 1.87. The molecule has 20 heavy (non-hydrogen) atoms. The molecule has 106 valence electrons. The molecule has 1 amide bonds. The van der Waals surface area contributed by atoms with Crippen LogP contribution < -0.4 is 5.32 Å². The SMILES string of the molecule is Cc1cc(C(=O)NC(Cc2cnc[nH]2)C(=O)O)n(C)n1. The van der Waals surface area contributed by atoms with Gasteiger partial charge in [-0.2, -0.15) is 5.10 Å². The van der Waals surface area contributed by atoms with Gasteiger partial charge in [-0.1, -0.05) is 0 Å². The summed E-state index contributed by atoms with van der Waals surface area (Å²) in [6.07, 6.45) is 3.12. The number of H-pyrrole nitrogens is 1. The molecule has 8 nitrogen and oxygen atoms in total. The first kappa shape index (κ1) is 13.8. The molecular formula is C12H15N5O3. The van der Waals surface area contributed by atoms with Crippen molar-refractivity contribution in [1.82, 2.24) is 25.1 Å². The molecule has 2 aromatic rings. The molecule has 0 bridgehead atoms. The predicted octanol–water partition coefficient (Wildman–Crippen LogP) is -0.123. The number of amides is 1. The minimum absolute atomic E-state index is 0.137. The number of carbonyl (C=O) groups is 2. The van der Waals surface area contributed by atoms with E-state index in [4.69, 9.17) is 0 Å². The minimum atomic E-state index is -1.10. The molecule has 0 radical (unpaired) electrons. The van der Waals surface area contributed by atoms with Gasteiger partial charge in [-0.15, -0.1) is 0 Å². The standard InChI is InChI=1S/C12H15N5O3/c1-7-3-10(17(2)16-7)11(18)15-9(12(19)20)4-8-5-13-6-14-8/h3,5-6,9H,4H2,1-2H3,(H,13,14)(H,15,18)(H,19,20). The van der Waals surface area contributed by atoms with E-state index in [-0.39, 0.29) is 6.42 Å². The third-order valence-electron chi connectivity index (χ3n) is 2.82. The molecule has 0 saturated heterocycles. The van der Waals surface area contributed by atoms with Crippen LogP contribution >= 0.6 is 0 Å². The number of carboxylic acids is 1. The molecule has 2 heterocycles. The van der Waals surface area contributed by atoms with Crippen LogP contribution in [-0.2, 0) is 18.3 Å². The summed E-state index contributed by atoms with van der Waals surface area (Å²) < 4.78 is 1.42. The lowest BCUT2D eigenvalue weighted by Gasteiger charge is -2.13. The molecule has 2 rings (SSSR count). The summed E-state index contributed by atoms with van der Waals surface area (Å²) in [6, 6.07) is 0.572. The highest BCUT2D eigenvalue weighted by molar-refractivity contribution is 5.95. The van der Waals surface area contributed by atoms with Gasteiger partial charge in [-0.3, -0.25) is 9.48 Å². The van der Waals surface area contributed by atoms with Crippen LogP contribution in [0.4, 0.5) is 0 Å². The van der Waals surface area contributed by atoms with Crippen LogP contribution in [0.15, 0.2) is 18.6 Å². The maximum Gasteiger partial charge on any atom is 0.326 e. The maximum atomic E-state index is 12.1. The first-order valence-electron chi connectivity index (χ1n) is 5.99. The Bertz CT molecular complexity index is 617. The van der Waals surface area contributed by atoms with E-state index in [1.165, 1.54) is 17.2 Å². The number of aryl methyl sites for hydroxylation is 2. The largest absolute Gasteiger partial charge is 0.480 e. The number of hydrogen-bond donors (Lipinski definition) is 3. The Balaban J connectivity index is 2.10. The number of rotatable bonds is 5. The van der Waals surface area contributed by atoms with Crippen molar-refractivity contribution in [1.29, 1.82) is 0 Å². The first-order valence-corrected chi connectivity index (χ1v) is 5.99. The van der Waals surface area contributed by atoms with Gasteiger partial charge in [0.05, 0.1) is 12.0 Å². The van der Waals surface area contributed by atoms with E-state index in [0.29, 0.717) is 17.1 Å². The van der Waals surface area contributed by atoms with Crippen molar-refractivity contribution < 1.29 is 14.7 Å². The lowest BCUT2D eigenvalue weighted by Crippen LogP contribution is -2.43. The van der Waals surface area contributed by atoms with Gasteiger partial charge >= 0.3 is 5.97 Å². The second kappa shape index (κ2) is 5.55. The van der Waals surface area contributed by atoms with Crippen LogP contribution in [0.2, 0.25) is 0 Å². The average Bonchev–Trinajstić information content (AvgIpc) is 2.97. The molecule has 1 atom stereocenters. The number of aromatic nitrogens is 4. The smallest absolute Gasteiger partial charge is 0.326 e. The molecule has 0 spiro atoms. The van der Waals surface area contributed by atoms with Gasteiger partial charge < -0.3 is 15.4 Å². The second-order valence-electron chi connectivity index (χ2n) is 4.44. The number of nitrogens with one attached hydrogen (secondary N) is 2. The third-order valence-corrected chi connectivity index (χ3v) is 2.82. The van der Waals surface area contributed by atoms with Crippen molar-refractivity contribution in [2.24, 2.45) is 7.05 Å². The van der Waals surface area contributed by atoms with Crippen molar-refractivity contribution in [3.05, 3.63) is 35.7 Å². The lowest BCUT2D eigenvalue weighted by molar-refractivity contribution is -0.139. The molecule has 3 N–H and O–H groups in total. The summed E-state index contributed by atoms with van der Waals surface area (Å²) in [5.41, 5.74) is 1.65. The van der Waals surface area contributed by atoms with Crippen LogP contribution in [0.3, 0.4) is 0 Å². The van der Waals surface area contributed by atoms with Crippen LogP contribution in [0.25, 0.3) is 0 Å². The zero-order valence-corrected chi connectivity index (χ0v) is 11.1. The average molecular weight is 277 g/mol. The Hall–Kier alpha value is -2.64. The van der Waals surface area contributed by atoms with Crippen LogP contribution in [-0.4, -0.2) is 42.8 Å². The van der Waals surface area contributed by atoms with E-state index < -0.39 is 17.9 Å². The van der Waals surface area contributed by atoms with E-state index in [1.54, 1.807) is 20.0 Å². The van der Waals surface area contributed by atoms with Crippen molar-refractivity contribution in [3.8, 4) is 0 Å². The number of carboxylic acid groups (broad SMARTS) is 1. The van der Waals surface area contributed by atoms with E-state index in [2.05, 4.69) is 20.4 Å². The molecular weight excluding hydrogens is 262 g/mol. The fraction of sp³-hybridized carbons (Fsp3) is 0.333. The molecule has 0 aliphatic carbocycles. The van der Waals surface area contributed by atoms with Gasteiger partial charge in [0, 0.05) is 25.4 Å². The van der Waals surface area contributed by atoms with Crippen molar-refractivity contribution in [3.63, 3.8) is 0 Å². The van der Waals surface area contributed by atoms with Gasteiger partial charge in [0.1, 0.15) is 11.7 Å². The highest BCUT2D eigenvalue weighted by Crippen LogP contribution is 2.04. The lowest BCUT2D eigenvalue weighted by atomic mass is 10.1. The second-order valence-corrected chi connectivity index (χ2v) is 4.44. The van der Waals surface area contributed by atoms with Crippen LogP contribution in [0.1, 0.15) is 21.9 Å². The van der Waals surface area contributed by atoms with E-state index in [0.717, 1.165) is 0 Å². The van der Waals surface area contributed by atoms with E-state index in [9.17, 15) is 14.7 Å². The van der Waals surface area contributed by atoms with E-state index >= 15 is 0 Å². The minimum Gasteiger partial charge on any atom is -0.480 e. The Labute approximate surface area is 114 Å². The number of nitrogens with zero attached hydrogens (tertiary/aromatic N) is 3. The number of hydrogen-bond acceptors (Lipinski definition) is 4. The van der Waals surface area contributed by atoms with Gasteiger partial charge in [-0.25, -0.2) is 9.78 Å². The van der Waals surface area contributed by atoms with Crippen LogP contribution in [0, 0.1) is 6.92 Å².